The minimum absolute atomic E-state index is 0.298. The van der Waals surface area contributed by atoms with Gasteiger partial charge in [0.15, 0.2) is 4.51 Å². The van der Waals surface area contributed by atoms with Gasteiger partial charge in [-0.3, -0.25) is 4.79 Å². The molecule has 0 spiro atoms. The summed E-state index contributed by atoms with van der Waals surface area (Å²) in [6, 6.07) is 0. The van der Waals surface area contributed by atoms with Crippen molar-refractivity contribution in [1.29, 1.82) is 0 Å². The van der Waals surface area contributed by atoms with Gasteiger partial charge in [-0.05, 0) is 127 Å². The molecule has 206 valence electrons. The molecule has 1 unspecified atom stereocenters. The standard InChI is InChI=1S/C32H53BrO3/c1-21(13-20-32(33,28(5,6)35)36-22(2)34)23-14-18-31(9)25-11-12-26-27(3,4)16-10-17-29(26,7)24(25)15-19-30(23,31)8/h21,23,26,35H,10-20H2,1-9H3/t21-,23-,26+,29-,30-,31+,32?/m1/s1. The molecular formula is C32H53BrO3. The number of hydrogen-bond acceptors (Lipinski definition) is 3. The minimum atomic E-state index is -1.15. The van der Waals surface area contributed by atoms with Crippen LogP contribution in [0.2, 0.25) is 0 Å². The van der Waals surface area contributed by atoms with E-state index in [4.69, 9.17) is 4.74 Å². The fraction of sp³-hybridized carbons (Fsp3) is 0.906. The molecule has 4 rings (SSSR count). The summed E-state index contributed by atoms with van der Waals surface area (Å²) >= 11 is 3.63. The predicted molar refractivity (Wildman–Crippen MR) is 152 cm³/mol. The lowest BCUT2D eigenvalue weighted by Crippen LogP contribution is -2.51. The van der Waals surface area contributed by atoms with Crippen molar-refractivity contribution < 1.29 is 14.6 Å². The molecular weight excluding hydrogens is 512 g/mol. The molecule has 2 saturated carbocycles. The zero-order valence-corrected chi connectivity index (χ0v) is 26.2. The van der Waals surface area contributed by atoms with Crippen molar-refractivity contribution in [2.45, 2.75) is 143 Å². The van der Waals surface area contributed by atoms with Crippen LogP contribution in [-0.2, 0) is 9.53 Å². The molecule has 4 aliphatic rings. The molecule has 3 nitrogen and oxygen atoms in total. The SMILES string of the molecule is CC(=O)OC(Br)(CC[C@@H](C)[C@H]1CC[C@@]2(C)C3=C(CC[C@]12C)[C@@]1(C)CCCC(C)(C)[C@@H]1CC3)C(C)(C)O. The number of ether oxygens (including phenoxy) is 1. The lowest BCUT2D eigenvalue weighted by molar-refractivity contribution is -0.165. The Kier molecular flexibility index (Phi) is 7.25. The third-order valence-corrected chi connectivity index (χ3v) is 13.9. The summed E-state index contributed by atoms with van der Waals surface area (Å²) in [5.74, 6) is 1.63. The number of alkyl halides is 1. The average molecular weight is 566 g/mol. The van der Waals surface area contributed by atoms with Gasteiger partial charge in [0.25, 0.3) is 0 Å². The Morgan fingerprint density at radius 1 is 1.06 bits per heavy atom. The zero-order chi connectivity index (χ0) is 26.9. The first-order chi connectivity index (χ1) is 16.4. The lowest BCUT2D eigenvalue weighted by Gasteiger charge is -2.61. The van der Waals surface area contributed by atoms with Gasteiger partial charge in [0, 0.05) is 13.3 Å². The Labute approximate surface area is 229 Å². The van der Waals surface area contributed by atoms with E-state index < -0.39 is 10.1 Å². The maximum absolute atomic E-state index is 11.8. The Hall–Kier alpha value is -0.350. The van der Waals surface area contributed by atoms with E-state index in [1.807, 2.05) is 11.1 Å². The summed E-state index contributed by atoms with van der Waals surface area (Å²) in [5, 5.41) is 10.8. The fourth-order valence-corrected chi connectivity index (χ4v) is 10.5. The van der Waals surface area contributed by atoms with Crippen molar-refractivity contribution in [2.24, 2.45) is 39.4 Å². The summed E-state index contributed by atoms with van der Waals surface area (Å²) < 4.78 is 4.59. The highest BCUT2D eigenvalue weighted by Crippen LogP contribution is 2.72. The van der Waals surface area contributed by atoms with Crippen molar-refractivity contribution in [1.82, 2.24) is 0 Å². The van der Waals surface area contributed by atoms with E-state index in [9.17, 15) is 9.90 Å². The number of esters is 1. The second kappa shape index (κ2) is 9.10. The molecule has 0 heterocycles. The normalized spacial score (nSPS) is 40.5. The topological polar surface area (TPSA) is 46.5 Å². The van der Waals surface area contributed by atoms with Gasteiger partial charge in [0.1, 0.15) is 5.60 Å². The quantitative estimate of drug-likeness (QED) is 0.199. The summed E-state index contributed by atoms with van der Waals surface area (Å²) in [4.78, 5) is 11.8. The van der Waals surface area contributed by atoms with Crippen LogP contribution in [0.15, 0.2) is 11.1 Å². The van der Waals surface area contributed by atoms with Crippen LogP contribution in [0.5, 0.6) is 0 Å². The first-order valence-electron chi connectivity index (χ1n) is 14.8. The smallest absolute Gasteiger partial charge is 0.304 e. The number of halogens is 1. The second-order valence-electron chi connectivity index (χ2n) is 15.1. The minimum Gasteiger partial charge on any atom is -0.444 e. The molecule has 0 saturated heterocycles. The maximum atomic E-state index is 11.8. The van der Waals surface area contributed by atoms with Gasteiger partial charge in [-0.25, -0.2) is 0 Å². The van der Waals surface area contributed by atoms with Crippen LogP contribution < -0.4 is 0 Å². The van der Waals surface area contributed by atoms with Crippen LogP contribution in [0.3, 0.4) is 0 Å². The molecule has 4 aliphatic carbocycles. The van der Waals surface area contributed by atoms with Crippen molar-refractivity contribution in [3.05, 3.63) is 11.1 Å². The van der Waals surface area contributed by atoms with Gasteiger partial charge in [0.05, 0.1) is 0 Å². The van der Waals surface area contributed by atoms with Crippen LogP contribution in [0.25, 0.3) is 0 Å². The lowest BCUT2D eigenvalue weighted by atomic mass is 9.43. The molecule has 0 bridgehead atoms. The molecule has 1 N–H and O–H groups in total. The molecule has 0 aromatic carbocycles. The highest BCUT2D eigenvalue weighted by Gasteiger charge is 2.62. The van der Waals surface area contributed by atoms with Crippen LogP contribution in [0, 0.1) is 39.4 Å². The number of carbonyl (C=O) groups is 1. The van der Waals surface area contributed by atoms with Crippen molar-refractivity contribution in [3.63, 3.8) is 0 Å². The van der Waals surface area contributed by atoms with Crippen molar-refractivity contribution in [3.8, 4) is 0 Å². The fourth-order valence-electron chi connectivity index (χ4n) is 10.1. The van der Waals surface area contributed by atoms with Crippen molar-refractivity contribution in [2.75, 3.05) is 0 Å². The first kappa shape index (κ1) is 28.7. The monoisotopic (exact) mass is 564 g/mol. The largest absolute Gasteiger partial charge is 0.444 e. The van der Waals surface area contributed by atoms with E-state index in [1.54, 1.807) is 13.8 Å². The van der Waals surface area contributed by atoms with Gasteiger partial charge >= 0.3 is 5.97 Å². The third kappa shape index (κ3) is 4.27. The molecule has 36 heavy (non-hydrogen) atoms. The molecule has 0 aromatic rings. The van der Waals surface area contributed by atoms with E-state index in [1.165, 1.54) is 64.7 Å². The van der Waals surface area contributed by atoms with Crippen LogP contribution in [0.1, 0.15) is 133 Å². The highest BCUT2D eigenvalue weighted by molar-refractivity contribution is 9.10. The Balaban J connectivity index is 1.58. The number of aliphatic hydroxyl groups is 1. The molecule has 0 aliphatic heterocycles. The van der Waals surface area contributed by atoms with Crippen LogP contribution in [-0.4, -0.2) is 21.2 Å². The van der Waals surface area contributed by atoms with Gasteiger partial charge in [-0.2, -0.15) is 0 Å². The molecule has 0 aromatic heterocycles. The van der Waals surface area contributed by atoms with E-state index in [0.717, 1.165) is 12.3 Å². The van der Waals surface area contributed by atoms with E-state index in [2.05, 4.69) is 57.5 Å². The highest BCUT2D eigenvalue weighted by atomic mass is 79.9. The van der Waals surface area contributed by atoms with Crippen LogP contribution in [0.4, 0.5) is 0 Å². The first-order valence-corrected chi connectivity index (χ1v) is 15.5. The number of carbonyl (C=O) groups excluding carboxylic acids is 1. The number of hydrogen-bond donors (Lipinski definition) is 1. The van der Waals surface area contributed by atoms with Crippen LogP contribution >= 0.6 is 15.9 Å². The molecule has 7 atom stereocenters. The zero-order valence-electron chi connectivity index (χ0n) is 24.7. The number of rotatable bonds is 6. The molecule has 0 amide bonds. The van der Waals surface area contributed by atoms with E-state index in [-0.39, 0.29) is 5.97 Å². The van der Waals surface area contributed by atoms with Crippen molar-refractivity contribution >= 4 is 21.9 Å². The Morgan fingerprint density at radius 2 is 1.72 bits per heavy atom. The molecule has 2 fully saturated rings. The summed E-state index contributed by atoms with van der Waals surface area (Å²) in [7, 11) is 0. The van der Waals surface area contributed by atoms with E-state index >= 15 is 0 Å². The van der Waals surface area contributed by atoms with Gasteiger partial charge < -0.3 is 9.84 Å². The molecule has 0 radical (unpaired) electrons. The maximum Gasteiger partial charge on any atom is 0.304 e. The summed E-state index contributed by atoms with van der Waals surface area (Å²) in [6.07, 6.45) is 13.5. The average Bonchev–Trinajstić information content (AvgIpc) is 3.02. The predicted octanol–water partition coefficient (Wildman–Crippen LogP) is 8.97. The Morgan fingerprint density at radius 3 is 2.33 bits per heavy atom. The molecule has 4 heteroatoms. The second-order valence-corrected chi connectivity index (χ2v) is 16.4. The van der Waals surface area contributed by atoms with Gasteiger partial charge in [-0.1, -0.05) is 59.1 Å². The third-order valence-electron chi connectivity index (χ3n) is 12.4. The van der Waals surface area contributed by atoms with Gasteiger partial charge in [0.2, 0.25) is 0 Å². The summed E-state index contributed by atoms with van der Waals surface area (Å²) in [5.41, 5.74) is 4.04. The number of fused-ring (bicyclic) bond motifs is 4. The number of allylic oxidation sites excluding steroid dienone is 2. The van der Waals surface area contributed by atoms with E-state index in [0.29, 0.717) is 39.9 Å². The Bertz CT molecular complexity index is 915. The van der Waals surface area contributed by atoms with Gasteiger partial charge in [-0.15, -0.1) is 0 Å². The summed E-state index contributed by atoms with van der Waals surface area (Å²) in [6.45, 7) is 20.2.